The Balaban J connectivity index is 2.69. The van der Waals surface area contributed by atoms with Gasteiger partial charge in [-0.25, -0.2) is 0 Å². The predicted molar refractivity (Wildman–Crippen MR) is 55.6 cm³/mol. The van der Waals surface area contributed by atoms with Crippen molar-refractivity contribution in [3.05, 3.63) is 35.9 Å². The van der Waals surface area contributed by atoms with Crippen LogP contribution in [0, 0.1) is 5.92 Å². The van der Waals surface area contributed by atoms with Crippen molar-refractivity contribution in [2.75, 3.05) is 0 Å². The summed E-state index contributed by atoms with van der Waals surface area (Å²) < 4.78 is 0. The van der Waals surface area contributed by atoms with E-state index in [9.17, 15) is 5.11 Å². The Morgan fingerprint density at radius 2 is 1.77 bits per heavy atom. The molecule has 0 aliphatic rings. The van der Waals surface area contributed by atoms with Crippen LogP contribution >= 0.6 is 0 Å². The minimum Gasteiger partial charge on any atom is -0.390 e. The lowest BCUT2D eigenvalue weighted by molar-refractivity contribution is 0.0140. The van der Waals surface area contributed by atoms with E-state index < -0.39 is 5.60 Å². The average Bonchev–Trinajstić information content (AvgIpc) is 2.05. The summed E-state index contributed by atoms with van der Waals surface area (Å²) in [5, 5.41) is 10.0. The highest BCUT2D eigenvalue weighted by molar-refractivity contribution is 5.16. The molecule has 1 rings (SSSR count). The summed E-state index contributed by atoms with van der Waals surface area (Å²) in [6.45, 7) is 5.98. The van der Waals surface area contributed by atoms with Crippen molar-refractivity contribution in [1.29, 1.82) is 0 Å². The second kappa shape index (κ2) is 3.93. The van der Waals surface area contributed by atoms with Crippen LogP contribution in [0.5, 0.6) is 0 Å². The topological polar surface area (TPSA) is 20.2 Å². The molecule has 0 aliphatic heterocycles. The zero-order chi connectivity index (χ0) is 9.90. The van der Waals surface area contributed by atoms with Crippen molar-refractivity contribution in [1.82, 2.24) is 0 Å². The molecule has 0 aliphatic carbocycles. The van der Waals surface area contributed by atoms with Gasteiger partial charge in [0, 0.05) is 6.42 Å². The van der Waals surface area contributed by atoms with Crippen LogP contribution in [0.4, 0.5) is 0 Å². The number of rotatable bonds is 3. The minimum atomic E-state index is -0.596. The summed E-state index contributed by atoms with van der Waals surface area (Å²) in [5.74, 6) is 0.285. The third kappa shape index (κ3) is 2.85. The van der Waals surface area contributed by atoms with Crippen molar-refractivity contribution < 1.29 is 5.11 Å². The molecule has 0 fully saturated rings. The number of hydrogen-bond acceptors (Lipinski definition) is 1. The molecule has 0 spiro atoms. The maximum absolute atomic E-state index is 10.0. The summed E-state index contributed by atoms with van der Waals surface area (Å²) in [6, 6.07) is 10.1. The van der Waals surface area contributed by atoms with E-state index in [1.165, 1.54) is 5.56 Å². The van der Waals surface area contributed by atoms with E-state index >= 15 is 0 Å². The van der Waals surface area contributed by atoms with Gasteiger partial charge >= 0.3 is 0 Å². The van der Waals surface area contributed by atoms with Gasteiger partial charge in [-0.05, 0) is 18.4 Å². The van der Waals surface area contributed by atoms with Crippen LogP contribution in [0.2, 0.25) is 0 Å². The van der Waals surface area contributed by atoms with Crippen molar-refractivity contribution in [2.45, 2.75) is 32.8 Å². The third-order valence-corrected chi connectivity index (χ3v) is 2.65. The number of benzene rings is 1. The monoisotopic (exact) mass is 178 g/mol. The lowest BCUT2D eigenvalue weighted by Gasteiger charge is -2.27. The van der Waals surface area contributed by atoms with Crippen LogP contribution in [0.15, 0.2) is 30.3 Å². The van der Waals surface area contributed by atoms with E-state index in [1.54, 1.807) is 0 Å². The fourth-order valence-corrected chi connectivity index (χ4v) is 1.21. The van der Waals surface area contributed by atoms with Gasteiger partial charge in [0.25, 0.3) is 0 Å². The quantitative estimate of drug-likeness (QED) is 0.754. The van der Waals surface area contributed by atoms with Crippen molar-refractivity contribution in [3.63, 3.8) is 0 Å². The third-order valence-electron chi connectivity index (χ3n) is 2.65. The maximum atomic E-state index is 10.0. The molecule has 0 radical (unpaired) electrons. The molecule has 13 heavy (non-hydrogen) atoms. The Morgan fingerprint density at radius 1 is 1.23 bits per heavy atom. The fraction of sp³-hybridized carbons (Fsp3) is 0.500. The molecule has 1 aromatic rings. The van der Waals surface area contributed by atoms with Gasteiger partial charge in [-0.2, -0.15) is 0 Å². The maximum Gasteiger partial charge on any atom is 0.0682 e. The van der Waals surface area contributed by atoms with E-state index in [2.05, 4.69) is 12.1 Å². The summed E-state index contributed by atoms with van der Waals surface area (Å²) in [4.78, 5) is 0. The van der Waals surface area contributed by atoms with Gasteiger partial charge in [0.1, 0.15) is 0 Å². The van der Waals surface area contributed by atoms with Crippen LogP contribution in [0.25, 0.3) is 0 Å². The fourth-order valence-electron chi connectivity index (χ4n) is 1.21. The van der Waals surface area contributed by atoms with E-state index in [4.69, 9.17) is 0 Å². The molecular formula is C12H18O. The second-order valence-electron chi connectivity index (χ2n) is 4.17. The molecule has 1 heteroatoms. The normalized spacial score (nSPS) is 15.8. The SMILES string of the molecule is CC(C)C(C)(O)Cc1ccccc1. The minimum absolute atomic E-state index is 0.285. The largest absolute Gasteiger partial charge is 0.390 e. The van der Waals surface area contributed by atoms with Gasteiger partial charge in [0.15, 0.2) is 0 Å². The Bertz CT molecular complexity index is 249. The molecular weight excluding hydrogens is 160 g/mol. The summed E-state index contributed by atoms with van der Waals surface area (Å²) in [5.41, 5.74) is 0.600. The van der Waals surface area contributed by atoms with Gasteiger partial charge in [0.05, 0.1) is 5.60 Å². The van der Waals surface area contributed by atoms with Gasteiger partial charge < -0.3 is 5.11 Å². The summed E-state index contributed by atoms with van der Waals surface area (Å²) in [6.07, 6.45) is 0.728. The Hall–Kier alpha value is -0.820. The lowest BCUT2D eigenvalue weighted by Crippen LogP contribution is -2.33. The lowest BCUT2D eigenvalue weighted by atomic mass is 9.86. The first kappa shape index (κ1) is 10.3. The highest BCUT2D eigenvalue weighted by atomic mass is 16.3. The van der Waals surface area contributed by atoms with Gasteiger partial charge in [0.2, 0.25) is 0 Å². The Kier molecular flexibility index (Phi) is 3.10. The van der Waals surface area contributed by atoms with Crippen LogP contribution in [0.3, 0.4) is 0 Å². The van der Waals surface area contributed by atoms with E-state index in [1.807, 2.05) is 39.0 Å². The van der Waals surface area contributed by atoms with Crippen molar-refractivity contribution >= 4 is 0 Å². The molecule has 1 unspecified atom stereocenters. The molecule has 1 N–H and O–H groups in total. The molecule has 1 nitrogen and oxygen atoms in total. The number of aliphatic hydroxyl groups is 1. The second-order valence-corrected chi connectivity index (χ2v) is 4.17. The van der Waals surface area contributed by atoms with Gasteiger partial charge in [-0.1, -0.05) is 44.2 Å². The highest BCUT2D eigenvalue weighted by Crippen LogP contribution is 2.21. The first-order valence-electron chi connectivity index (χ1n) is 4.78. The molecule has 1 aromatic carbocycles. The van der Waals surface area contributed by atoms with Crippen LogP contribution in [0.1, 0.15) is 26.3 Å². The van der Waals surface area contributed by atoms with Gasteiger partial charge in [-0.15, -0.1) is 0 Å². The average molecular weight is 178 g/mol. The van der Waals surface area contributed by atoms with Crippen LogP contribution in [-0.4, -0.2) is 10.7 Å². The van der Waals surface area contributed by atoms with Crippen molar-refractivity contribution in [3.8, 4) is 0 Å². The number of hydrogen-bond donors (Lipinski definition) is 1. The van der Waals surface area contributed by atoms with Gasteiger partial charge in [-0.3, -0.25) is 0 Å². The highest BCUT2D eigenvalue weighted by Gasteiger charge is 2.24. The van der Waals surface area contributed by atoms with Crippen molar-refractivity contribution in [2.24, 2.45) is 5.92 Å². The zero-order valence-corrected chi connectivity index (χ0v) is 8.62. The molecule has 72 valence electrons. The predicted octanol–water partition coefficient (Wildman–Crippen LogP) is 2.64. The smallest absolute Gasteiger partial charge is 0.0682 e. The van der Waals surface area contributed by atoms with Crippen LogP contribution < -0.4 is 0 Å². The van der Waals surface area contributed by atoms with E-state index in [0.29, 0.717) is 0 Å². The molecule has 0 saturated carbocycles. The van der Waals surface area contributed by atoms with E-state index in [0.717, 1.165) is 6.42 Å². The molecule has 0 saturated heterocycles. The summed E-state index contributed by atoms with van der Waals surface area (Å²) in [7, 11) is 0. The first-order chi connectivity index (χ1) is 6.02. The standard InChI is InChI=1S/C12H18O/c1-10(2)12(3,13)9-11-7-5-4-6-8-11/h4-8,10,13H,9H2,1-3H3. The zero-order valence-electron chi connectivity index (χ0n) is 8.62. The first-order valence-corrected chi connectivity index (χ1v) is 4.78. The summed E-state index contributed by atoms with van der Waals surface area (Å²) >= 11 is 0. The Labute approximate surface area is 80.4 Å². The molecule has 0 aromatic heterocycles. The molecule has 0 bridgehead atoms. The van der Waals surface area contributed by atoms with E-state index in [-0.39, 0.29) is 5.92 Å². The van der Waals surface area contributed by atoms with Crippen LogP contribution in [-0.2, 0) is 6.42 Å². The Morgan fingerprint density at radius 3 is 2.23 bits per heavy atom. The molecule has 1 atom stereocenters. The molecule has 0 heterocycles. The molecule has 0 amide bonds.